The Bertz CT molecular complexity index is 725. The number of hydrogen-bond acceptors (Lipinski definition) is 3. The fourth-order valence-corrected chi connectivity index (χ4v) is 2.09. The van der Waals surface area contributed by atoms with E-state index >= 15 is 0 Å². The summed E-state index contributed by atoms with van der Waals surface area (Å²) in [6.45, 7) is 0. The second-order valence-electron chi connectivity index (χ2n) is 4.01. The molecule has 88 valence electrons. The standard InChI is InChI=1S/C14H10ClN3/c15-12-3-1-2-9-4-5-13(18-14(9)12)10-6-11(16)8-17-7-10/h1-8H,16H2. The normalized spacial score (nSPS) is 10.7. The van der Waals surface area contributed by atoms with Gasteiger partial charge >= 0.3 is 0 Å². The molecule has 18 heavy (non-hydrogen) atoms. The van der Waals surface area contributed by atoms with E-state index in [4.69, 9.17) is 17.3 Å². The van der Waals surface area contributed by atoms with Gasteiger partial charge in [-0.05, 0) is 18.2 Å². The van der Waals surface area contributed by atoms with Crippen molar-refractivity contribution >= 4 is 28.2 Å². The summed E-state index contributed by atoms with van der Waals surface area (Å²) >= 11 is 6.14. The predicted octanol–water partition coefficient (Wildman–Crippen LogP) is 3.53. The Balaban J connectivity index is 2.22. The van der Waals surface area contributed by atoms with Crippen molar-refractivity contribution in [2.75, 3.05) is 5.73 Å². The Labute approximate surface area is 109 Å². The quantitative estimate of drug-likeness (QED) is 0.724. The number of hydrogen-bond donors (Lipinski definition) is 1. The largest absolute Gasteiger partial charge is 0.397 e. The third kappa shape index (κ3) is 1.89. The van der Waals surface area contributed by atoms with Crippen molar-refractivity contribution < 1.29 is 0 Å². The number of rotatable bonds is 1. The average molecular weight is 256 g/mol. The molecule has 0 unspecified atom stereocenters. The fourth-order valence-electron chi connectivity index (χ4n) is 1.87. The van der Waals surface area contributed by atoms with Gasteiger partial charge in [0.2, 0.25) is 0 Å². The molecule has 2 heterocycles. The number of pyridine rings is 2. The summed E-state index contributed by atoms with van der Waals surface area (Å²) in [6, 6.07) is 11.5. The lowest BCUT2D eigenvalue weighted by Gasteiger charge is -2.04. The maximum absolute atomic E-state index is 6.14. The Morgan fingerprint density at radius 3 is 2.78 bits per heavy atom. The van der Waals surface area contributed by atoms with Crippen molar-refractivity contribution in [1.82, 2.24) is 9.97 Å². The minimum Gasteiger partial charge on any atom is -0.397 e. The SMILES string of the molecule is Nc1cncc(-c2ccc3cccc(Cl)c3n2)c1. The van der Waals surface area contributed by atoms with Gasteiger partial charge in [-0.25, -0.2) is 4.98 Å². The Morgan fingerprint density at radius 2 is 1.94 bits per heavy atom. The van der Waals surface area contributed by atoms with Gasteiger partial charge in [-0.15, -0.1) is 0 Å². The molecule has 3 aromatic rings. The van der Waals surface area contributed by atoms with Gasteiger partial charge in [-0.3, -0.25) is 4.98 Å². The van der Waals surface area contributed by atoms with Gasteiger partial charge in [0.1, 0.15) is 0 Å². The molecule has 4 heteroatoms. The highest BCUT2D eigenvalue weighted by atomic mass is 35.5. The van der Waals surface area contributed by atoms with Gasteiger partial charge < -0.3 is 5.73 Å². The van der Waals surface area contributed by atoms with Crippen LogP contribution < -0.4 is 5.73 Å². The molecule has 0 radical (unpaired) electrons. The van der Waals surface area contributed by atoms with E-state index in [1.807, 2.05) is 36.4 Å². The van der Waals surface area contributed by atoms with Crippen LogP contribution in [0.4, 0.5) is 5.69 Å². The highest BCUT2D eigenvalue weighted by molar-refractivity contribution is 6.35. The van der Waals surface area contributed by atoms with E-state index in [1.54, 1.807) is 12.4 Å². The molecule has 3 rings (SSSR count). The maximum Gasteiger partial charge on any atom is 0.0895 e. The number of fused-ring (bicyclic) bond motifs is 1. The van der Waals surface area contributed by atoms with E-state index in [9.17, 15) is 0 Å². The highest BCUT2D eigenvalue weighted by Crippen LogP contribution is 2.25. The van der Waals surface area contributed by atoms with E-state index in [0.717, 1.165) is 22.2 Å². The highest BCUT2D eigenvalue weighted by Gasteiger charge is 2.04. The van der Waals surface area contributed by atoms with E-state index in [-0.39, 0.29) is 0 Å². The van der Waals surface area contributed by atoms with Crippen LogP contribution in [0.1, 0.15) is 0 Å². The molecule has 0 fully saturated rings. The number of nitrogen functional groups attached to an aromatic ring is 1. The maximum atomic E-state index is 6.14. The number of anilines is 1. The molecule has 0 saturated carbocycles. The van der Waals surface area contributed by atoms with Gasteiger partial charge in [0.25, 0.3) is 0 Å². The molecule has 3 nitrogen and oxygen atoms in total. The van der Waals surface area contributed by atoms with Gasteiger partial charge in [-0.1, -0.05) is 29.8 Å². The predicted molar refractivity (Wildman–Crippen MR) is 74.4 cm³/mol. The number of nitrogens with two attached hydrogens (primary N) is 1. The fraction of sp³-hybridized carbons (Fsp3) is 0. The van der Waals surface area contributed by atoms with Crippen molar-refractivity contribution in [1.29, 1.82) is 0 Å². The molecule has 0 spiro atoms. The summed E-state index contributed by atoms with van der Waals surface area (Å²) in [5, 5.41) is 1.66. The smallest absolute Gasteiger partial charge is 0.0895 e. The molecular formula is C14H10ClN3. The molecular weight excluding hydrogens is 246 g/mol. The van der Waals surface area contributed by atoms with Crippen LogP contribution in [0.15, 0.2) is 48.8 Å². The van der Waals surface area contributed by atoms with Crippen LogP contribution in [0.3, 0.4) is 0 Å². The lowest BCUT2D eigenvalue weighted by atomic mass is 10.1. The summed E-state index contributed by atoms with van der Waals surface area (Å²) < 4.78 is 0. The first-order chi connectivity index (χ1) is 8.74. The monoisotopic (exact) mass is 255 g/mol. The molecule has 0 aliphatic carbocycles. The lowest BCUT2D eigenvalue weighted by Crippen LogP contribution is -1.90. The summed E-state index contributed by atoms with van der Waals surface area (Å²) in [7, 11) is 0. The van der Waals surface area contributed by atoms with Crippen LogP contribution in [-0.4, -0.2) is 9.97 Å². The van der Waals surface area contributed by atoms with Gasteiger partial charge in [0.15, 0.2) is 0 Å². The number of halogens is 1. The Hall–Kier alpha value is -2.13. The molecule has 0 bridgehead atoms. The number of aromatic nitrogens is 2. The minimum atomic E-state index is 0.619. The molecule has 0 atom stereocenters. The van der Waals surface area contributed by atoms with Crippen molar-refractivity contribution in [3.8, 4) is 11.3 Å². The number of nitrogens with zero attached hydrogens (tertiary/aromatic N) is 2. The van der Waals surface area contributed by atoms with Crippen LogP contribution in [0.25, 0.3) is 22.2 Å². The summed E-state index contributed by atoms with van der Waals surface area (Å²) in [4.78, 5) is 8.62. The van der Waals surface area contributed by atoms with Crippen LogP contribution >= 0.6 is 11.6 Å². The Morgan fingerprint density at radius 1 is 1.06 bits per heavy atom. The topological polar surface area (TPSA) is 51.8 Å². The van der Waals surface area contributed by atoms with E-state index in [0.29, 0.717) is 10.7 Å². The number of para-hydroxylation sites is 1. The van der Waals surface area contributed by atoms with Gasteiger partial charge in [0.05, 0.1) is 21.9 Å². The Kier molecular flexibility index (Phi) is 2.61. The van der Waals surface area contributed by atoms with Crippen molar-refractivity contribution in [3.63, 3.8) is 0 Å². The first kappa shape index (κ1) is 11.0. The van der Waals surface area contributed by atoms with Crippen LogP contribution in [0, 0.1) is 0 Å². The third-order valence-electron chi connectivity index (χ3n) is 2.73. The summed E-state index contributed by atoms with van der Waals surface area (Å²) in [5.41, 5.74) is 8.83. The molecule has 2 aromatic heterocycles. The zero-order chi connectivity index (χ0) is 12.5. The minimum absolute atomic E-state index is 0.619. The zero-order valence-corrected chi connectivity index (χ0v) is 10.2. The van der Waals surface area contributed by atoms with Crippen molar-refractivity contribution in [2.45, 2.75) is 0 Å². The van der Waals surface area contributed by atoms with Gasteiger partial charge in [-0.2, -0.15) is 0 Å². The molecule has 2 N–H and O–H groups in total. The van der Waals surface area contributed by atoms with E-state index in [1.165, 1.54) is 0 Å². The summed E-state index contributed by atoms with van der Waals surface area (Å²) in [5.74, 6) is 0. The van der Waals surface area contributed by atoms with E-state index < -0.39 is 0 Å². The second-order valence-corrected chi connectivity index (χ2v) is 4.42. The van der Waals surface area contributed by atoms with Crippen molar-refractivity contribution in [3.05, 3.63) is 53.8 Å². The van der Waals surface area contributed by atoms with Gasteiger partial charge in [0, 0.05) is 23.3 Å². The average Bonchev–Trinajstić information content (AvgIpc) is 2.39. The van der Waals surface area contributed by atoms with E-state index in [2.05, 4.69) is 9.97 Å². The first-order valence-electron chi connectivity index (χ1n) is 5.50. The lowest BCUT2D eigenvalue weighted by molar-refractivity contribution is 1.31. The molecule has 0 saturated heterocycles. The second kappa shape index (κ2) is 4.27. The van der Waals surface area contributed by atoms with Crippen LogP contribution in [0.5, 0.6) is 0 Å². The molecule has 0 amide bonds. The first-order valence-corrected chi connectivity index (χ1v) is 5.88. The zero-order valence-electron chi connectivity index (χ0n) is 9.47. The number of benzene rings is 1. The molecule has 0 aliphatic heterocycles. The molecule has 1 aromatic carbocycles. The van der Waals surface area contributed by atoms with Crippen LogP contribution in [0.2, 0.25) is 5.02 Å². The van der Waals surface area contributed by atoms with Crippen molar-refractivity contribution in [2.24, 2.45) is 0 Å². The third-order valence-corrected chi connectivity index (χ3v) is 3.03. The van der Waals surface area contributed by atoms with Crippen LogP contribution in [-0.2, 0) is 0 Å². The molecule has 0 aliphatic rings. The summed E-state index contributed by atoms with van der Waals surface area (Å²) in [6.07, 6.45) is 3.35.